The number of carbonyl (C=O) groups excluding carboxylic acids is 4. The molecule has 2 aliphatic rings. The van der Waals surface area contributed by atoms with E-state index < -0.39 is 72.6 Å². The molecule has 18 heteroatoms. The molecule has 3 aromatic carbocycles. The fourth-order valence-electron chi connectivity index (χ4n) is 9.02. The number of halogens is 3. The summed E-state index contributed by atoms with van der Waals surface area (Å²) in [5.41, 5.74) is 1.67. The summed E-state index contributed by atoms with van der Waals surface area (Å²) < 4.78 is 25.2. The Hall–Kier alpha value is -6.07. The number of aliphatic hydroxyl groups is 1. The van der Waals surface area contributed by atoms with Crippen LogP contribution in [0.2, 0.25) is 10.0 Å². The minimum atomic E-state index is -1.44. The number of benzene rings is 3. The van der Waals surface area contributed by atoms with Crippen LogP contribution in [0, 0.1) is 16.9 Å². The normalized spacial score (nSPS) is 20.9. The van der Waals surface area contributed by atoms with Crippen LogP contribution < -0.4 is 14.8 Å². The van der Waals surface area contributed by atoms with E-state index in [1.54, 1.807) is 60.6 Å². The number of nitrogens with zero attached hydrogens (tertiary/aromatic N) is 7. The van der Waals surface area contributed by atoms with Gasteiger partial charge in [0.15, 0.2) is 11.9 Å². The maximum atomic E-state index is 16.3. The van der Waals surface area contributed by atoms with Crippen LogP contribution in [0.3, 0.4) is 0 Å². The van der Waals surface area contributed by atoms with Crippen LogP contribution in [-0.4, -0.2) is 116 Å². The molecule has 4 atom stereocenters. The van der Waals surface area contributed by atoms with Gasteiger partial charge in [0.25, 0.3) is 0 Å². The number of nitrogens with one attached hydrogen (secondary N) is 1. The number of carbonyl (C=O) groups is 4. The summed E-state index contributed by atoms with van der Waals surface area (Å²) in [5, 5.41) is 26.9. The van der Waals surface area contributed by atoms with Gasteiger partial charge in [-0.2, -0.15) is 4.73 Å². The van der Waals surface area contributed by atoms with Crippen LogP contribution in [0.15, 0.2) is 91.3 Å². The number of pyridine rings is 1. The van der Waals surface area contributed by atoms with Gasteiger partial charge in [-0.25, -0.2) is 9.37 Å². The molecule has 2 aliphatic heterocycles. The molecule has 4 amide bonds. The van der Waals surface area contributed by atoms with Gasteiger partial charge in [-0.15, -0.1) is 0 Å². The zero-order valence-corrected chi connectivity index (χ0v) is 39.6. The Morgan fingerprint density at radius 3 is 2.42 bits per heavy atom. The van der Waals surface area contributed by atoms with Crippen molar-refractivity contribution < 1.29 is 38.1 Å². The van der Waals surface area contributed by atoms with Crippen molar-refractivity contribution in [2.24, 2.45) is 13.0 Å². The Morgan fingerprint density at radius 1 is 1.00 bits per heavy atom. The average Bonchev–Trinajstić information content (AvgIpc) is 3.66. The summed E-state index contributed by atoms with van der Waals surface area (Å²) in [5.74, 6) is -3.37. The predicted octanol–water partition coefficient (Wildman–Crippen LogP) is 5.54. The minimum absolute atomic E-state index is 0.0100. The molecule has 2 fully saturated rings. The SMILES string of the molecule is C[C@H]1C(=O)N[C@@H](CO)C(=O)N(C)[C@@]2(Cc3ccc(Cl)cc3)CCCN(C2)C(=O)[C@H](Cc2cccc[n+]2[O-])CC(=O)N1Cc1c(F)cc(Cl)cc1Oc1ccc(-c2cnc(CN(C)C)n2C)cc1. The molecular weight excluding hydrogens is 902 g/mol. The lowest BCUT2D eigenvalue weighted by Crippen LogP contribution is -2.65. The topological polar surface area (TPSA) is 167 Å². The number of amides is 4. The zero-order valence-electron chi connectivity index (χ0n) is 38.1. The van der Waals surface area contributed by atoms with E-state index in [0.29, 0.717) is 47.9 Å². The second kappa shape index (κ2) is 20.8. The average molecular weight is 958 g/mol. The molecular formula is C49H55Cl2FN8O7. The Kier molecular flexibility index (Phi) is 15.2. The first kappa shape index (κ1) is 48.9. The number of aliphatic hydroxyl groups excluding tert-OH is 1. The first-order valence-corrected chi connectivity index (χ1v) is 22.8. The molecule has 2 saturated heterocycles. The summed E-state index contributed by atoms with van der Waals surface area (Å²) in [6.45, 7) is 1.11. The Bertz CT molecular complexity index is 2610. The molecule has 2 bridgehead atoms. The molecule has 2 aromatic heterocycles. The molecule has 2 N–H and O–H groups in total. The highest BCUT2D eigenvalue weighted by molar-refractivity contribution is 6.31. The molecule has 15 nitrogen and oxygen atoms in total. The van der Waals surface area contributed by atoms with Gasteiger partial charge < -0.3 is 44.5 Å². The van der Waals surface area contributed by atoms with Crippen molar-refractivity contribution in [2.45, 2.75) is 69.7 Å². The Labute approximate surface area is 399 Å². The van der Waals surface area contributed by atoms with E-state index in [2.05, 4.69) is 10.3 Å². The predicted molar refractivity (Wildman–Crippen MR) is 250 cm³/mol. The second-order valence-electron chi connectivity index (χ2n) is 17.7. The number of ether oxygens (including phenoxy) is 1. The van der Waals surface area contributed by atoms with Gasteiger partial charge in [0.05, 0.1) is 43.0 Å². The minimum Gasteiger partial charge on any atom is -0.619 e. The highest BCUT2D eigenvalue weighted by Crippen LogP contribution is 2.36. The number of rotatable bonds is 12. The zero-order chi connectivity index (χ0) is 48.2. The molecule has 5 aromatic rings. The number of hydrogen-bond donors (Lipinski definition) is 2. The maximum absolute atomic E-state index is 16.3. The van der Waals surface area contributed by atoms with Crippen LogP contribution in [0.1, 0.15) is 48.8 Å². The fraction of sp³-hybridized carbons (Fsp3) is 0.388. The largest absolute Gasteiger partial charge is 0.619 e. The lowest BCUT2D eigenvalue weighted by molar-refractivity contribution is -0.614. The highest BCUT2D eigenvalue weighted by atomic mass is 35.5. The molecule has 0 spiro atoms. The molecule has 0 aliphatic carbocycles. The van der Waals surface area contributed by atoms with E-state index in [1.165, 1.54) is 24.1 Å². The monoisotopic (exact) mass is 956 g/mol. The number of imidazole rings is 1. The maximum Gasteiger partial charge on any atom is 0.247 e. The van der Waals surface area contributed by atoms with Crippen LogP contribution in [-0.2, 0) is 52.2 Å². The van der Waals surface area contributed by atoms with Gasteiger partial charge in [-0.1, -0.05) is 41.4 Å². The molecule has 0 unspecified atom stereocenters. The van der Waals surface area contributed by atoms with Crippen molar-refractivity contribution in [1.82, 2.24) is 34.5 Å². The third kappa shape index (κ3) is 11.0. The Balaban J connectivity index is 1.25. The van der Waals surface area contributed by atoms with Gasteiger partial charge in [-0.3, -0.25) is 19.2 Å². The first-order valence-electron chi connectivity index (χ1n) is 22.1. The highest BCUT2D eigenvalue weighted by Gasteiger charge is 2.46. The van der Waals surface area contributed by atoms with E-state index in [9.17, 15) is 29.5 Å². The number of fused-ring (bicyclic) bond motifs is 2. The molecule has 67 heavy (non-hydrogen) atoms. The van der Waals surface area contributed by atoms with Crippen molar-refractivity contribution in [1.29, 1.82) is 0 Å². The summed E-state index contributed by atoms with van der Waals surface area (Å²) in [7, 11) is 7.44. The van der Waals surface area contributed by atoms with Gasteiger partial charge in [-0.05, 0) is 94.4 Å². The summed E-state index contributed by atoms with van der Waals surface area (Å²) in [6.07, 6.45) is 3.74. The molecule has 4 heterocycles. The lowest BCUT2D eigenvalue weighted by atomic mass is 9.80. The molecule has 7 rings (SSSR count). The fourth-order valence-corrected chi connectivity index (χ4v) is 9.34. The van der Waals surface area contributed by atoms with Gasteiger partial charge in [0, 0.05) is 73.3 Å². The summed E-state index contributed by atoms with van der Waals surface area (Å²) in [6, 6.07) is 18.7. The van der Waals surface area contributed by atoms with E-state index in [0.717, 1.165) is 33.6 Å². The second-order valence-corrected chi connectivity index (χ2v) is 18.6. The van der Waals surface area contributed by atoms with Crippen molar-refractivity contribution in [2.75, 3.05) is 40.8 Å². The summed E-state index contributed by atoms with van der Waals surface area (Å²) in [4.78, 5) is 69.5. The van der Waals surface area contributed by atoms with Gasteiger partial charge >= 0.3 is 0 Å². The third-order valence-electron chi connectivity index (χ3n) is 12.8. The molecule has 354 valence electrons. The molecule has 0 saturated carbocycles. The summed E-state index contributed by atoms with van der Waals surface area (Å²) >= 11 is 12.6. The van der Waals surface area contributed by atoms with Crippen molar-refractivity contribution in [3.8, 4) is 22.8 Å². The van der Waals surface area contributed by atoms with Crippen LogP contribution in [0.25, 0.3) is 11.3 Å². The van der Waals surface area contributed by atoms with Crippen LogP contribution in [0.4, 0.5) is 4.39 Å². The van der Waals surface area contributed by atoms with Crippen LogP contribution >= 0.6 is 23.2 Å². The first-order chi connectivity index (χ1) is 32.0. The van der Waals surface area contributed by atoms with E-state index >= 15 is 4.39 Å². The smallest absolute Gasteiger partial charge is 0.247 e. The van der Waals surface area contributed by atoms with E-state index in [-0.39, 0.29) is 35.0 Å². The van der Waals surface area contributed by atoms with Crippen molar-refractivity contribution in [3.05, 3.63) is 135 Å². The van der Waals surface area contributed by atoms with Gasteiger partial charge in [0.1, 0.15) is 35.2 Å². The number of likely N-dealkylation sites (N-methyl/N-ethyl adjacent to an activating group) is 1. The number of hydrogen-bond acceptors (Lipinski definition) is 9. The third-order valence-corrected chi connectivity index (χ3v) is 13.3. The standard InChI is InChI=1S/C49H55Cl2FN8O7/c1-31-46(63)54-41(29-61)48(65)57(5)49(25-32-10-14-35(50)15-11-32)18-8-19-58(30-49)47(64)34(21-37-9-6-7-20-60(37)66)22-45(62)59(31)27-39-40(52)23-36(51)24-43(39)67-38-16-12-33(13-17-38)42-26-53-44(56(42)4)28-55(2)3/h6-7,9-17,20,23-24,26,31,34,41,61H,8,18-19,21-22,25,27-30H2,1-5H3,(H,54,63)/t31-,34+,41-,49+/m0/s1. The lowest BCUT2D eigenvalue weighted by Gasteiger charge is -2.50. The van der Waals surface area contributed by atoms with Crippen molar-refractivity contribution >= 4 is 46.8 Å². The van der Waals surface area contributed by atoms with Gasteiger partial charge in [0.2, 0.25) is 23.6 Å². The van der Waals surface area contributed by atoms with E-state index in [4.69, 9.17) is 27.9 Å². The van der Waals surface area contributed by atoms with Crippen LogP contribution in [0.5, 0.6) is 11.5 Å². The van der Waals surface area contributed by atoms with E-state index in [1.807, 2.05) is 54.9 Å². The van der Waals surface area contributed by atoms with Crippen molar-refractivity contribution in [3.63, 3.8) is 0 Å². The number of aromatic nitrogens is 3. The number of piperidine rings is 1. The molecule has 0 radical (unpaired) electrons. The Morgan fingerprint density at radius 2 is 1.73 bits per heavy atom. The quantitative estimate of drug-likeness (QED) is 0.121.